The van der Waals surface area contributed by atoms with Gasteiger partial charge >= 0.3 is 0 Å². The zero-order chi connectivity index (χ0) is 14.5. The van der Waals surface area contributed by atoms with Crippen LogP contribution in [-0.2, 0) is 9.53 Å². The summed E-state index contributed by atoms with van der Waals surface area (Å²) in [4.78, 5) is 22.2. The van der Waals surface area contributed by atoms with Gasteiger partial charge in [-0.05, 0) is 32.8 Å². The SMILES string of the molecule is CCOC(C)C(=O)N1CCC(c2ccnc(N)n2)CC1. The molecule has 6 heteroatoms. The third-order valence-corrected chi connectivity index (χ3v) is 3.69. The second-order valence-electron chi connectivity index (χ2n) is 5.04. The van der Waals surface area contributed by atoms with Gasteiger partial charge < -0.3 is 15.4 Å². The van der Waals surface area contributed by atoms with Crippen LogP contribution in [0.3, 0.4) is 0 Å². The number of piperidine rings is 1. The van der Waals surface area contributed by atoms with Gasteiger partial charge in [0.25, 0.3) is 5.91 Å². The molecule has 110 valence electrons. The number of nitrogen functional groups attached to an aromatic ring is 1. The quantitative estimate of drug-likeness (QED) is 0.894. The van der Waals surface area contributed by atoms with Crippen molar-refractivity contribution in [3.63, 3.8) is 0 Å². The lowest BCUT2D eigenvalue weighted by molar-refractivity contribution is -0.143. The largest absolute Gasteiger partial charge is 0.369 e. The molecule has 20 heavy (non-hydrogen) atoms. The zero-order valence-electron chi connectivity index (χ0n) is 12.1. The van der Waals surface area contributed by atoms with Crippen molar-refractivity contribution in [2.24, 2.45) is 0 Å². The molecule has 0 aromatic carbocycles. The summed E-state index contributed by atoms with van der Waals surface area (Å²) in [7, 11) is 0. The summed E-state index contributed by atoms with van der Waals surface area (Å²) in [6.45, 7) is 5.75. The van der Waals surface area contributed by atoms with Gasteiger partial charge in [0.15, 0.2) is 0 Å². The number of hydrogen-bond acceptors (Lipinski definition) is 5. The van der Waals surface area contributed by atoms with Crippen LogP contribution in [0, 0.1) is 0 Å². The van der Waals surface area contributed by atoms with E-state index in [1.807, 2.05) is 24.8 Å². The molecule has 2 N–H and O–H groups in total. The number of aromatic nitrogens is 2. The van der Waals surface area contributed by atoms with Crippen molar-refractivity contribution in [3.8, 4) is 0 Å². The highest BCUT2D eigenvalue weighted by molar-refractivity contribution is 5.80. The predicted octanol–water partition coefficient (Wildman–Crippen LogP) is 1.19. The molecule has 1 aromatic rings. The zero-order valence-corrected chi connectivity index (χ0v) is 12.1. The number of carbonyl (C=O) groups excluding carboxylic acids is 1. The van der Waals surface area contributed by atoms with E-state index in [1.165, 1.54) is 0 Å². The molecule has 2 rings (SSSR count). The average Bonchev–Trinajstić information content (AvgIpc) is 2.47. The molecule has 1 unspecified atom stereocenters. The van der Waals surface area contributed by atoms with E-state index >= 15 is 0 Å². The van der Waals surface area contributed by atoms with Gasteiger partial charge in [-0.1, -0.05) is 0 Å². The van der Waals surface area contributed by atoms with Gasteiger partial charge in [0.2, 0.25) is 5.95 Å². The predicted molar refractivity (Wildman–Crippen MR) is 76.1 cm³/mol. The van der Waals surface area contributed by atoms with Crippen molar-refractivity contribution in [1.82, 2.24) is 14.9 Å². The van der Waals surface area contributed by atoms with Crippen molar-refractivity contribution in [1.29, 1.82) is 0 Å². The van der Waals surface area contributed by atoms with Crippen LogP contribution in [0.2, 0.25) is 0 Å². The fourth-order valence-corrected chi connectivity index (χ4v) is 2.59. The summed E-state index contributed by atoms with van der Waals surface area (Å²) in [6, 6.07) is 1.90. The van der Waals surface area contributed by atoms with Crippen LogP contribution < -0.4 is 5.73 Å². The number of nitrogens with two attached hydrogens (primary N) is 1. The Balaban J connectivity index is 1.91. The maximum absolute atomic E-state index is 12.1. The van der Waals surface area contributed by atoms with Crippen molar-refractivity contribution in [2.75, 3.05) is 25.4 Å². The highest BCUT2D eigenvalue weighted by Gasteiger charge is 2.27. The Kier molecular flexibility index (Phi) is 4.89. The maximum Gasteiger partial charge on any atom is 0.251 e. The Hall–Kier alpha value is -1.69. The first-order valence-corrected chi connectivity index (χ1v) is 7.10. The standard InChI is InChI=1S/C14H22N4O2/c1-3-20-10(2)13(19)18-8-5-11(6-9-18)12-4-7-16-14(15)17-12/h4,7,10-11H,3,5-6,8-9H2,1-2H3,(H2,15,16,17). The Morgan fingerprint density at radius 2 is 2.25 bits per heavy atom. The van der Waals surface area contributed by atoms with E-state index in [-0.39, 0.29) is 12.0 Å². The Morgan fingerprint density at radius 1 is 1.55 bits per heavy atom. The van der Waals surface area contributed by atoms with Gasteiger partial charge in [-0.25, -0.2) is 9.97 Å². The van der Waals surface area contributed by atoms with Crippen LogP contribution >= 0.6 is 0 Å². The first-order valence-electron chi connectivity index (χ1n) is 7.10. The number of hydrogen-bond donors (Lipinski definition) is 1. The van der Waals surface area contributed by atoms with Crippen LogP contribution in [0.5, 0.6) is 0 Å². The maximum atomic E-state index is 12.1. The van der Waals surface area contributed by atoms with E-state index in [4.69, 9.17) is 10.5 Å². The normalized spacial score (nSPS) is 18.0. The fourth-order valence-electron chi connectivity index (χ4n) is 2.59. The van der Waals surface area contributed by atoms with Gasteiger partial charge in [0.1, 0.15) is 6.10 Å². The topological polar surface area (TPSA) is 81.3 Å². The molecule has 0 radical (unpaired) electrons. The molecule has 1 atom stereocenters. The van der Waals surface area contributed by atoms with Gasteiger partial charge in [-0.3, -0.25) is 4.79 Å². The van der Waals surface area contributed by atoms with E-state index in [0.29, 0.717) is 18.5 Å². The highest BCUT2D eigenvalue weighted by Crippen LogP contribution is 2.27. The second kappa shape index (κ2) is 6.65. The monoisotopic (exact) mass is 278 g/mol. The molecule has 0 bridgehead atoms. The first-order chi connectivity index (χ1) is 9.61. The van der Waals surface area contributed by atoms with Crippen LogP contribution in [0.15, 0.2) is 12.3 Å². The summed E-state index contributed by atoms with van der Waals surface area (Å²) in [5.41, 5.74) is 6.59. The number of nitrogens with zero attached hydrogens (tertiary/aromatic N) is 3. The molecule has 1 fully saturated rings. The summed E-state index contributed by atoms with van der Waals surface area (Å²) in [6.07, 6.45) is 3.14. The van der Waals surface area contributed by atoms with Crippen molar-refractivity contribution >= 4 is 11.9 Å². The molecule has 0 saturated carbocycles. The summed E-state index contributed by atoms with van der Waals surface area (Å²) >= 11 is 0. The second-order valence-corrected chi connectivity index (χ2v) is 5.04. The molecule has 1 amide bonds. The minimum Gasteiger partial charge on any atom is -0.369 e. The third-order valence-electron chi connectivity index (χ3n) is 3.69. The Morgan fingerprint density at radius 3 is 2.85 bits per heavy atom. The van der Waals surface area contributed by atoms with Crippen LogP contribution in [0.25, 0.3) is 0 Å². The molecule has 2 heterocycles. The number of anilines is 1. The smallest absolute Gasteiger partial charge is 0.251 e. The van der Waals surface area contributed by atoms with E-state index in [9.17, 15) is 4.79 Å². The van der Waals surface area contributed by atoms with Gasteiger partial charge in [-0.15, -0.1) is 0 Å². The Labute approximate surface area is 119 Å². The molecule has 1 saturated heterocycles. The number of rotatable bonds is 4. The van der Waals surface area contributed by atoms with Gasteiger partial charge in [0, 0.05) is 37.5 Å². The minimum atomic E-state index is -0.355. The average molecular weight is 278 g/mol. The van der Waals surface area contributed by atoms with Crippen molar-refractivity contribution in [3.05, 3.63) is 18.0 Å². The van der Waals surface area contributed by atoms with E-state index in [1.54, 1.807) is 6.20 Å². The molecule has 6 nitrogen and oxygen atoms in total. The molecule has 0 aliphatic carbocycles. The molecule has 1 aliphatic heterocycles. The molecule has 0 spiro atoms. The van der Waals surface area contributed by atoms with Gasteiger partial charge in [0.05, 0.1) is 0 Å². The van der Waals surface area contributed by atoms with Crippen LogP contribution in [0.1, 0.15) is 38.3 Å². The fraction of sp³-hybridized carbons (Fsp3) is 0.643. The highest BCUT2D eigenvalue weighted by atomic mass is 16.5. The third kappa shape index (κ3) is 3.45. The molecular formula is C14H22N4O2. The van der Waals surface area contributed by atoms with Crippen molar-refractivity contribution < 1.29 is 9.53 Å². The molecule has 1 aromatic heterocycles. The van der Waals surface area contributed by atoms with E-state index in [2.05, 4.69) is 9.97 Å². The van der Waals surface area contributed by atoms with Crippen molar-refractivity contribution in [2.45, 2.75) is 38.7 Å². The minimum absolute atomic E-state index is 0.0764. The molecular weight excluding hydrogens is 256 g/mol. The van der Waals surface area contributed by atoms with Crippen LogP contribution in [-0.4, -0.2) is 46.6 Å². The molecule has 1 aliphatic rings. The number of ether oxygens (including phenoxy) is 1. The summed E-state index contributed by atoms with van der Waals surface area (Å²) in [5, 5.41) is 0. The lowest BCUT2D eigenvalue weighted by Crippen LogP contribution is -2.43. The lowest BCUT2D eigenvalue weighted by Gasteiger charge is -2.33. The Bertz CT molecular complexity index is 458. The first kappa shape index (κ1) is 14.7. The summed E-state index contributed by atoms with van der Waals surface area (Å²) in [5.74, 6) is 0.741. The number of amides is 1. The number of carbonyl (C=O) groups is 1. The lowest BCUT2D eigenvalue weighted by atomic mass is 9.93. The van der Waals surface area contributed by atoms with E-state index < -0.39 is 0 Å². The van der Waals surface area contributed by atoms with Gasteiger partial charge in [-0.2, -0.15) is 0 Å². The van der Waals surface area contributed by atoms with E-state index in [0.717, 1.165) is 31.6 Å². The number of likely N-dealkylation sites (tertiary alicyclic amines) is 1. The summed E-state index contributed by atoms with van der Waals surface area (Å²) < 4.78 is 5.36. The van der Waals surface area contributed by atoms with Crippen LogP contribution in [0.4, 0.5) is 5.95 Å².